The van der Waals surface area contributed by atoms with Crippen molar-refractivity contribution in [3.05, 3.63) is 11.5 Å². The maximum atomic E-state index is 11.5. The van der Waals surface area contributed by atoms with E-state index in [9.17, 15) is 18.0 Å². The van der Waals surface area contributed by atoms with Crippen LogP contribution in [0.15, 0.2) is 11.5 Å². The number of nitrogens with one attached hydrogen (secondary N) is 2. The Morgan fingerprint density at radius 1 is 1.47 bits per heavy atom. The van der Waals surface area contributed by atoms with E-state index >= 15 is 0 Å². The quantitative estimate of drug-likeness (QED) is 0.642. The van der Waals surface area contributed by atoms with Crippen molar-refractivity contribution in [3.8, 4) is 0 Å². The molecule has 0 aliphatic carbocycles. The highest BCUT2D eigenvalue weighted by Gasteiger charge is 2.23. The number of carbonyl (C=O) groups excluding carboxylic acids is 1. The molecule has 2 unspecified atom stereocenters. The average Bonchev–Trinajstić information content (AvgIpc) is 2.63. The molecule has 2 atom stereocenters. The van der Waals surface area contributed by atoms with Crippen LogP contribution in [0.5, 0.6) is 0 Å². The van der Waals surface area contributed by atoms with Gasteiger partial charge in [0.05, 0.1) is 17.7 Å². The topological polar surface area (TPSA) is 113 Å². The predicted molar refractivity (Wildman–Crippen MR) is 69.3 cm³/mol. The van der Waals surface area contributed by atoms with E-state index in [-0.39, 0.29) is 12.3 Å². The Kier molecular flexibility index (Phi) is 5.34. The van der Waals surface area contributed by atoms with Gasteiger partial charge in [-0.05, 0) is 12.5 Å². The maximum absolute atomic E-state index is 11.5. The number of carboxylic acid groups (broad SMARTS) is 1. The Bertz CT molecular complexity index is 471. The summed E-state index contributed by atoms with van der Waals surface area (Å²) in [5, 5.41) is 14.9. The van der Waals surface area contributed by atoms with Crippen molar-refractivity contribution in [1.29, 1.82) is 0 Å². The Hall–Kier alpha value is -1.57. The number of hydrogen-bond acceptors (Lipinski definition) is 4. The number of carbonyl (C=O) groups is 2. The smallest absolute Gasteiger partial charge is 0.315 e. The molecular formula is C11H18N2O5S. The monoisotopic (exact) mass is 290 g/mol. The van der Waals surface area contributed by atoms with E-state index in [0.29, 0.717) is 12.8 Å². The lowest BCUT2D eigenvalue weighted by Gasteiger charge is -2.14. The van der Waals surface area contributed by atoms with Gasteiger partial charge in [-0.3, -0.25) is 4.79 Å². The van der Waals surface area contributed by atoms with Gasteiger partial charge in [0.15, 0.2) is 9.84 Å². The second kappa shape index (κ2) is 6.55. The molecule has 0 aromatic heterocycles. The van der Waals surface area contributed by atoms with Crippen LogP contribution in [-0.2, 0) is 14.6 Å². The van der Waals surface area contributed by atoms with E-state index in [0.717, 1.165) is 5.41 Å². The summed E-state index contributed by atoms with van der Waals surface area (Å²) in [7, 11) is -3.21. The van der Waals surface area contributed by atoms with Gasteiger partial charge >= 0.3 is 12.0 Å². The van der Waals surface area contributed by atoms with E-state index in [1.165, 1.54) is 6.08 Å². The van der Waals surface area contributed by atoms with Crippen LogP contribution in [0, 0.1) is 5.92 Å². The van der Waals surface area contributed by atoms with Crippen molar-refractivity contribution < 1.29 is 23.1 Å². The SMILES string of the molecule is CCCC(CNC(=O)NC1C=CS(=O)(=O)C1)C(=O)O. The number of amides is 2. The number of hydrogen-bond donors (Lipinski definition) is 3. The highest BCUT2D eigenvalue weighted by atomic mass is 32.2. The summed E-state index contributed by atoms with van der Waals surface area (Å²) in [5.41, 5.74) is 0. The molecule has 0 saturated heterocycles. The fraction of sp³-hybridized carbons (Fsp3) is 0.636. The molecule has 1 aliphatic rings. The number of urea groups is 1. The first kappa shape index (κ1) is 15.5. The highest BCUT2D eigenvalue weighted by molar-refractivity contribution is 7.94. The van der Waals surface area contributed by atoms with E-state index in [2.05, 4.69) is 10.6 Å². The van der Waals surface area contributed by atoms with Crippen LogP contribution < -0.4 is 10.6 Å². The zero-order valence-corrected chi connectivity index (χ0v) is 11.4. The van der Waals surface area contributed by atoms with E-state index < -0.39 is 33.8 Å². The Balaban J connectivity index is 2.36. The standard InChI is InChI=1S/C11H18N2O5S/c1-2-3-8(10(14)15)6-12-11(16)13-9-4-5-19(17,18)7-9/h4-5,8-9H,2-3,6-7H2,1H3,(H,14,15)(H2,12,13,16). The van der Waals surface area contributed by atoms with E-state index in [1.807, 2.05) is 6.92 Å². The van der Waals surface area contributed by atoms with Crippen LogP contribution >= 0.6 is 0 Å². The largest absolute Gasteiger partial charge is 0.481 e. The van der Waals surface area contributed by atoms with Crippen LogP contribution in [0.1, 0.15) is 19.8 Å². The van der Waals surface area contributed by atoms with Crippen molar-refractivity contribution in [2.24, 2.45) is 5.92 Å². The first-order valence-corrected chi connectivity index (χ1v) is 7.73. The third-order valence-electron chi connectivity index (χ3n) is 2.74. The Morgan fingerprint density at radius 3 is 2.63 bits per heavy atom. The predicted octanol–water partition coefficient (Wildman–Crippen LogP) is 0.0972. The summed E-state index contributed by atoms with van der Waals surface area (Å²) in [6.07, 6.45) is 2.59. The first-order chi connectivity index (χ1) is 8.84. The molecule has 0 aromatic carbocycles. The molecule has 1 heterocycles. The molecule has 108 valence electrons. The lowest BCUT2D eigenvalue weighted by atomic mass is 10.0. The zero-order chi connectivity index (χ0) is 14.5. The van der Waals surface area contributed by atoms with Crippen molar-refractivity contribution in [3.63, 3.8) is 0 Å². The molecule has 0 saturated carbocycles. The number of carboxylic acids is 1. The summed E-state index contributed by atoms with van der Waals surface area (Å²) in [5.74, 6) is -1.73. The highest BCUT2D eigenvalue weighted by Crippen LogP contribution is 2.08. The second-order valence-corrected chi connectivity index (χ2v) is 6.37. The normalized spacial score (nSPS) is 21.8. The molecule has 8 heteroatoms. The molecule has 0 spiro atoms. The van der Waals surface area contributed by atoms with Gasteiger partial charge in [-0.1, -0.05) is 13.3 Å². The van der Waals surface area contributed by atoms with Gasteiger partial charge in [-0.25, -0.2) is 13.2 Å². The fourth-order valence-electron chi connectivity index (χ4n) is 1.76. The summed E-state index contributed by atoms with van der Waals surface area (Å²) >= 11 is 0. The molecule has 7 nitrogen and oxygen atoms in total. The maximum Gasteiger partial charge on any atom is 0.315 e. The first-order valence-electron chi connectivity index (χ1n) is 6.02. The molecule has 19 heavy (non-hydrogen) atoms. The summed E-state index contributed by atoms with van der Waals surface area (Å²) in [4.78, 5) is 22.4. The Labute approximate surface area is 112 Å². The molecular weight excluding hydrogens is 272 g/mol. The minimum atomic E-state index is -3.21. The molecule has 0 radical (unpaired) electrons. The van der Waals surface area contributed by atoms with Crippen LogP contribution in [0.4, 0.5) is 4.79 Å². The minimum absolute atomic E-state index is 0.0260. The van der Waals surface area contributed by atoms with Crippen LogP contribution in [0.3, 0.4) is 0 Å². The molecule has 2 amide bonds. The average molecular weight is 290 g/mol. The van der Waals surface area contributed by atoms with Gasteiger partial charge in [-0.2, -0.15) is 0 Å². The third kappa shape index (κ3) is 5.29. The molecule has 3 N–H and O–H groups in total. The molecule has 0 aromatic rings. The van der Waals surface area contributed by atoms with Gasteiger partial charge in [0.25, 0.3) is 0 Å². The van der Waals surface area contributed by atoms with Crippen molar-refractivity contribution in [2.45, 2.75) is 25.8 Å². The zero-order valence-electron chi connectivity index (χ0n) is 10.6. The number of rotatable bonds is 6. The third-order valence-corrected chi connectivity index (χ3v) is 4.14. The van der Waals surface area contributed by atoms with Gasteiger partial charge in [-0.15, -0.1) is 0 Å². The summed E-state index contributed by atoms with van der Waals surface area (Å²) < 4.78 is 22.3. The molecule has 0 bridgehead atoms. The van der Waals surface area contributed by atoms with Crippen molar-refractivity contribution in [1.82, 2.24) is 10.6 Å². The fourth-order valence-corrected chi connectivity index (χ4v) is 3.00. The van der Waals surface area contributed by atoms with Crippen LogP contribution in [0.25, 0.3) is 0 Å². The number of sulfone groups is 1. The van der Waals surface area contributed by atoms with Gasteiger partial charge < -0.3 is 15.7 Å². The van der Waals surface area contributed by atoms with E-state index in [1.54, 1.807) is 0 Å². The summed E-state index contributed by atoms with van der Waals surface area (Å²) in [6, 6.07) is -1.12. The van der Waals surface area contributed by atoms with E-state index in [4.69, 9.17) is 5.11 Å². The molecule has 0 fully saturated rings. The second-order valence-electron chi connectivity index (χ2n) is 4.44. The van der Waals surface area contributed by atoms with Crippen LogP contribution in [-0.4, -0.2) is 43.9 Å². The lowest BCUT2D eigenvalue weighted by Crippen LogP contribution is -2.44. The van der Waals surface area contributed by atoms with Crippen molar-refractivity contribution in [2.75, 3.05) is 12.3 Å². The minimum Gasteiger partial charge on any atom is -0.481 e. The number of aliphatic carboxylic acids is 1. The lowest BCUT2D eigenvalue weighted by molar-refractivity contribution is -0.141. The van der Waals surface area contributed by atoms with Crippen LogP contribution in [0.2, 0.25) is 0 Å². The Morgan fingerprint density at radius 2 is 2.16 bits per heavy atom. The molecule has 1 aliphatic heterocycles. The van der Waals surface area contributed by atoms with Gasteiger partial charge in [0.1, 0.15) is 0 Å². The molecule has 1 rings (SSSR count). The van der Waals surface area contributed by atoms with Gasteiger partial charge in [0.2, 0.25) is 0 Å². The van der Waals surface area contributed by atoms with Gasteiger partial charge in [0, 0.05) is 12.0 Å². The summed E-state index contributed by atoms with van der Waals surface area (Å²) in [6.45, 7) is 1.89. The van der Waals surface area contributed by atoms with Crippen molar-refractivity contribution >= 4 is 21.8 Å².